The zero-order valence-corrected chi connectivity index (χ0v) is 11.5. The molecule has 0 spiro atoms. The molecule has 0 saturated heterocycles. The third kappa shape index (κ3) is 1.70. The van der Waals surface area contributed by atoms with Crippen molar-refractivity contribution in [3.63, 3.8) is 0 Å². The van der Waals surface area contributed by atoms with Crippen LogP contribution in [0.4, 0.5) is 0 Å². The van der Waals surface area contributed by atoms with E-state index in [-0.39, 0.29) is 6.10 Å². The average Bonchev–Trinajstić information content (AvgIpc) is 2.86. The number of aryl methyl sites for hydroxylation is 1. The lowest BCUT2D eigenvalue weighted by molar-refractivity contribution is 0.280. The van der Waals surface area contributed by atoms with E-state index in [2.05, 4.69) is 61.5 Å². The highest BCUT2D eigenvalue weighted by Crippen LogP contribution is 2.46. The summed E-state index contributed by atoms with van der Waals surface area (Å²) in [6.07, 6.45) is 7.66. The first-order valence-corrected chi connectivity index (χ1v) is 7.07. The van der Waals surface area contributed by atoms with Crippen LogP contribution < -0.4 is 4.74 Å². The molecule has 20 heavy (non-hydrogen) atoms. The summed E-state index contributed by atoms with van der Waals surface area (Å²) in [5.41, 5.74) is 6.29. The van der Waals surface area contributed by atoms with E-state index >= 15 is 0 Å². The lowest BCUT2D eigenvalue weighted by Crippen LogP contribution is -2.12. The van der Waals surface area contributed by atoms with Gasteiger partial charge in [-0.25, -0.2) is 0 Å². The predicted octanol–water partition coefficient (Wildman–Crippen LogP) is 4.77. The van der Waals surface area contributed by atoms with Crippen LogP contribution in [0, 0.1) is 6.92 Å². The third-order valence-corrected chi connectivity index (χ3v) is 4.00. The first kappa shape index (κ1) is 11.5. The highest BCUT2D eigenvalue weighted by atomic mass is 16.5. The summed E-state index contributed by atoms with van der Waals surface area (Å²) < 4.78 is 6.23. The average molecular weight is 260 g/mol. The molecule has 1 unspecified atom stereocenters. The molecule has 1 aliphatic heterocycles. The van der Waals surface area contributed by atoms with Gasteiger partial charge in [0.25, 0.3) is 0 Å². The van der Waals surface area contributed by atoms with Crippen LogP contribution in [0.15, 0.2) is 60.7 Å². The Kier molecular flexibility index (Phi) is 2.53. The highest BCUT2D eigenvalue weighted by Gasteiger charge is 2.31. The molecule has 1 heterocycles. The Balaban J connectivity index is 1.94. The van der Waals surface area contributed by atoms with Gasteiger partial charge in [-0.15, -0.1) is 0 Å². The standard InChI is InChI=1S/C19H16O/c1-13-11-16(14-7-3-2-4-8-14)19-17(12-13)15-9-5-6-10-18(15)20-19/h2-9,11-12,18H,10H2,1H3. The number of hydrogen-bond acceptors (Lipinski definition) is 1. The van der Waals surface area contributed by atoms with Gasteiger partial charge in [-0.05, 0) is 30.2 Å². The van der Waals surface area contributed by atoms with Crippen LogP contribution in [-0.4, -0.2) is 6.10 Å². The van der Waals surface area contributed by atoms with Gasteiger partial charge in [0.15, 0.2) is 0 Å². The number of allylic oxidation sites excluding steroid dienone is 2. The Hall–Kier alpha value is -2.28. The quantitative estimate of drug-likeness (QED) is 0.718. The molecule has 1 heteroatoms. The summed E-state index contributed by atoms with van der Waals surface area (Å²) in [5.74, 6) is 1.04. The third-order valence-electron chi connectivity index (χ3n) is 4.00. The Morgan fingerprint density at radius 1 is 1.05 bits per heavy atom. The second-order valence-electron chi connectivity index (χ2n) is 5.45. The normalized spacial score (nSPS) is 19.1. The van der Waals surface area contributed by atoms with Gasteiger partial charge in [-0.2, -0.15) is 0 Å². The Morgan fingerprint density at radius 3 is 2.70 bits per heavy atom. The molecule has 0 N–H and O–H groups in total. The van der Waals surface area contributed by atoms with E-state index in [9.17, 15) is 0 Å². The molecule has 1 atom stereocenters. The zero-order chi connectivity index (χ0) is 13.5. The van der Waals surface area contributed by atoms with Crippen molar-refractivity contribution < 1.29 is 4.74 Å². The van der Waals surface area contributed by atoms with E-state index in [0.717, 1.165) is 12.2 Å². The van der Waals surface area contributed by atoms with Crippen molar-refractivity contribution >= 4 is 5.57 Å². The molecule has 0 bridgehead atoms. The summed E-state index contributed by atoms with van der Waals surface area (Å²) in [4.78, 5) is 0. The van der Waals surface area contributed by atoms with E-state index in [0.29, 0.717) is 0 Å². The van der Waals surface area contributed by atoms with E-state index < -0.39 is 0 Å². The molecule has 0 saturated carbocycles. The summed E-state index contributed by atoms with van der Waals surface area (Å²) in [7, 11) is 0. The number of hydrogen-bond donors (Lipinski definition) is 0. The molecule has 0 amide bonds. The topological polar surface area (TPSA) is 9.23 Å². The van der Waals surface area contributed by atoms with Gasteiger partial charge in [0.05, 0.1) is 0 Å². The smallest absolute Gasteiger partial charge is 0.135 e. The predicted molar refractivity (Wildman–Crippen MR) is 82.8 cm³/mol. The van der Waals surface area contributed by atoms with E-state index in [1.165, 1.54) is 27.8 Å². The van der Waals surface area contributed by atoms with Crippen LogP contribution in [0.3, 0.4) is 0 Å². The fraction of sp³-hybridized carbons (Fsp3) is 0.158. The summed E-state index contributed by atoms with van der Waals surface area (Å²) in [6, 6.07) is 15.0. The lowest BCUT2D eigenvalue weighted by Gasteiger charge is -2.13. The van der Waals surface area contributed by atoms with Gasteiger partial charge in [0.2, 0.25) is 0 Å². The maximum absolute atomic E-state index is 6.23. The van der Waals surface area contributed by atoms with Crippen molar-refractivity contribution in [3.05, 3.63) is 71.8 Å². The lowest BCUT2D eigenvalue weighted by atomic mass is 9.92. The second kappa shape index (κ2) is 4.38. The number of benzene rings is 2. The van der Waals surface area contributed by atoms with Crippen LogP contribution in [0.5, 0.6) is 5.75 Å². The summed E-state index contributed by atoms with van der Waals surface area (Å²) in [6.45, 7) is 2.15. The minimum Gasteiger partial charge on any atom is -0.484 e. The Bertz CT molecular complexity index is 723. The van der Waals surface area contributed by atoms with E-state index in [1.807, 2.05) is 6.07 Å². The minimum atomic E-state index is 0.194. The maximum atomic E-state index is 6.23. The minimum absolute atomic E-state index is 0.194. The first-order chi connectivity index (χ1) is 9.83. The van der Waals surface area contributed by atoms with Crippen LogP contribution in [-0.2, 0) is 0 Å². The van der Waals surface area contributed by atoms with Crippen LogP contribution >= 0.6 is 0 Å². The van der Waals surface area contributed by atoms with Crippen LogP contribution in [0.2, 0.25) is 0 Å². The molecule has 2 aromatic carbocycles. The van der Waals surface area contributed by atoms with Gasteiger partial charge in [0.1, 0.15) is 11.9 Å². The molecule has 0 aromatic heterocycles. The molecule has 1 aliphatic carbocycles. The molecule has 4 rings (SSSR count). The van der Waals surface area contributed by atoms with Crippen molar-refractivity contribution in [1.29, 1.82) is 0 Å². The Labute approximate surface area is 119 Å². The van der Waals surface area contributed by atoms with Crippen LogP contribution in [0.1, 0.15) is 17.5 Å². The van der Waals surface area contributed by atoms with Crippen LogP contribution in [0.25, 0.3) is 16.7 Å². The van der Waals surface area contributed by atoms with E-state index in [4.69, 9.17) is 4.74 Å². The first-order valence-electron chi connectivity index (χ1n) is 7.07. The molecule has 0 fully saturated rings. The fourth-order valence-electron chi connectivity index (χ4n) is 3.07. The molecular weight excluding hydrogens is 244 g/mol. The maximum Gasteiger partial charge on any atom is 0.135 e. The van der Waals surface area contributed by atoms with Gasteiger partial charge < -0.3 is 4.74 Å². The molecule has 2 aromatic rings. The van der Waals surface area contributed by atoms with Gasteiger partial charge in [-0.1, -0.05) is 48.6 Å². The largest absolute Gasteiger partial charge is 0.484 e. The molecule has 0 radical (unpaired) electrons. The van der Waals surface area contributed by atoms with Crippen molar-refractivity contribution in [3.8, 4) is 16.9 Å². The van der Waals surface area contributed by atoms with Gasteiger partial charge in [-0.3, -0.25) is 0 Å². The van der Waals surface area contributed by atoms with Crippen molar-refractivity contribution in [2.45, 2.75) is 19.4 Å². The molecular formula is C19H16O. The van der Waals surface area contributed by atoms with Crippen molar-refractivity contribution in [2.24, 2.45) is 0 Å². The number of rotatable bonds is 1. The number of ether oxygens (including phenoxy) is 1. The molecule has 1 nitrogen and oxygen atoms in total. The summed E-state index contributed by atoms with van der Waals surface area (Å²) in [5, 5.41) is 0. The molecule has 2 aliphatic rings. The van der Waals surface area contributed by atoms with Gasteiger partial charge >= 0.3 is 0 Å². The van der Waals surface area contributed by atoms with Crippen molar-refractivity contribution in [2.75, 3.05) is 0 Å². The van der Waals surface area contributed by atoms with E-state index in [1.54, 1.807) is 0 Å². The summed E-state index contributed by atoms with van der Waals surface area (Å²) >= 11 is 0. The fourth-order valence-corrected chi connectivity index (χ4v) is 3.07. The second-order valence-corrected chi connectivity index (χ2v) is 5.45. The molecule has 98 valence electrons. The monoisotopic (exact) mass is 260 g/mol. The van der Waals surface area contributed by atoms with Gasteiger partial charge in [0, 0.05) is 23.1 Å². The highest BCUT2D eigenvalue weighted by molar-refractivity contribution is 5.87. The zero-order valence-electron chi connectivity index (χ0n) is 11.5. The van der Waals surface area contributed by atoms with Crippen molar-refractivity contribution in [1.82, 2.24) is 0 Å². The number of fused-ring (bicyclic) bond motifs is 3. The SMILES string of the molecule is Cc1cc2c(c(-c3ccccc3)c1)OC1CC=CC=C21. The Morgan fingerprint density at radius 2 is 1.85 bits per heavy atom.